The third kappa shape index (κ3) is 6.94. The summed E-state index contributed by atoms with van der Waals surface area (Å²) in [4.78, 5) is 25.9. The van der Waals surface area contributed by atoms with Crippen LogP contribution in [0.25, 0.3) is 0 Å². The van der Waals surface area contributed by atoms with E-state index in [2.05, 4.69) is 16.7 Å². The molecule has 0 saturated heterocycles. The SMILES string of the molecule is COc1ccc(CC(=O)NC(Cc2ccc(C#N)cc2)C(=O)NC(C)c2ccccc2)cc1. The molecule has 0 bridgehead atoms. The normalized spacial score (nSPS) is 12.2. The summed E-state index contributed by atoms with van der Waals surface area (Å²) >= 11 is 0. The van der Waals surface area contributed by atoms with Gasteiger partial charge in [-0.3, -0.25) is 9.59 Å². The van der Waals surface area contributed by atoms with Crippen LogP contribution in [0.2, 0.25) is 0 Å². The molecule has 33 heavy (non-hydrogen) atoms. The summed E-state index contributed by atoms with van der Waals surface area (Å²) in [6, 6.07) is 25.0. The van der Waals surface area contributed by atoms with E-state index in [9.17, 15) is 9.59 Å². The van der Waals surface area contributed by atoms with Gasteiger partial charge in [-0.1, -0.05) is 54.6 Å². The topological polar surface area (TPSA) is 91.2 Å². The summed E-state index contributed by atoms with van der Waals surface area (Å²) in [5, 5.41) is 14.9. The molecule has 3 aromatic rings. The number of nitrogens with one attached hydrogen (secondary N) is 2. The Morgan fingerprint density at radius 3 is 2.15 bits per heavy atom. The van der Waals surface area contributed by atoms with Gasteiger partial charge in [0, 0.05) is 6.42 Å². The van der Waals surface area contributed by atoms with Crippen LogP contribution >= 0.6 is 0 Å². The molecule has 0 aliphatic carbocycles. The number of carbonyl (C=O) groups excluding carboxylic acids is 2. The maximum Gasteiger partial charge on any atom is 0.243 e. The Balaban J connectivity index is 1.72. The van der Waals surface area contributed by atoms with Crippen molar-refractivity contribution in [3.8, 4) is 11.8 Å². The lowest BCUT2D eigenvalue weighted by molar-refractivity contribution is -0.129. The van der Waals surface area contributed by atoms with Gasteiger partial charge < -0.3 is 15.4 Å². The van der Waals surface area contributed by atoms with Crippen molar-refractivity contribution in [3.63, 3.8) is 0 Å². The first kappa shape index (κ1) is 23.6. The van der Waals surface area contributed by atoms with Crippen LogP contribution in [0.5, 0.6) is 5.75 Å². The average Bonchev–Trinajstić information content (AvgIpc) is 2.85. The summed E-state index contributed by atoms with van der Waals surface area (Å²) in [6.45, 7) is 1.91. The van der Waals surface area contributed by atoms with Crippen LogP contribution in [0, 0.1) is 11.3 Å². The van der Waals surface area contributed by atoms with Crippen LogP contribution < -0.4 is 15.4 Å². The predicted octanol–water partition coefficient (Wildman–Crippen LogP) is 3.71. The van der Waals surface area contributed by atoms with Crippen molar-refractivity contribution in [2.24, 2.45) is 0 Å². The smallest absolute Gasteiger partial charge is 0.243 e. The first-order valence-electron chi connectivity index (χ1n) is 10.7. The Morgan fingerprint density at radius 1 is 0.909 bits per heavy atom. The van der Waals surface area contributed by atoms with E-state index in [1.165, 1.54) is 0 Å². The molecule has 2 atom stereocenters. The molecule has 0 fully saturated rings. The molecule has 168 valence electrons. The first-order chi connectivity index (χ1) is 16.0. The van der Waals surface area contributed by atoms with Gasteiger partial charge >= 0.3 is 0 Å². The molecule has 0 spiro atoms. The minimum Gasteiger partial charge on any atom is -0.497 e. The monoisotopic (exact) mass is 441 g/mol. The highest BCUT2D eigenvalue weighted by atomic mass is 16.5. The fourth-order valence-corrected chi connectivity index (χ4v) is 3.47. The number of hydrogen-bond acceptors (Lipinski definition) is 4. The van der Waals surface area contributed by atoms with Crippen molar-refractivity contribution in [1.29, 1.82) is 5.26 Å². The third-order valence-electron chi connectivity index (χ3n) is 5.36. The molecule has 0 radical (unpaired) electrons. The van der Waals surface area contributed by atoms with Crippen LogP contribution in [-0.4, -0.2) is 25.0 Å². The van der Waals surface area contributed by atoms with E-state index >= 15 is 0 Å². The van der Waals surface area contributed by atoms with Crippen LogP contribution in [0.15, 0.2) is 78.9 Å². The fourth-order valence-electron chi connectivity index (χ4n) is 3.47. The van der Waals surface area contributed by atoms with Crippen molar-refractivity contribution in [2.45, 2.75) is 31.8 Å². The zero-order valence-corrected chi connectivity index (χ0v) is 18.7. The zero-order valence-electron chi connectivity index (χ0n) is 18.7. The van der Waals surface area contributed by atoms with Crippen LogP contribution in [-0.2, 0) is 22.4 Å². The number of benzene rings is 3. The van der Waals surface area contributed by atoms with E-state index < -0.39 is 6.04 Å². The molecular weight excluding hydrogens is 414 g/mol. The molecule has 6 nitrogen and oxygen atoms in total. The van der Waals surface area contributed by atoms with Gasteiger partial charge in [-0.15, -0.1) is 0 Å². The number of nitrogens with zero attached hydrogens (tertiary/aromatic N) is 1. The van der Waals surface area contributed by atoms with Crippen molar-refractivity contribution < 1.29 is 14.3 Å². The number of ether oxygens (including phenoxy) is 1. The quantitative estimate of drug-likeness (QED) is 0.530. The number of carbonyl (C=O) groups is 2. The summed E-state index contributed by atoms with van der Waals surface area (Å²) in [6.07, 6.45) is 0.461. The maximum atomic E-state index is 13.1. The molecular formula is C27H27N3O3. The van der Waals surface area contributed by atoms with Gasteiger partial charge in [0.15, 0.2) is 0 Å². The standard InChI is InChI=1S/C27H27N3O3/c1-19(23-6-4-3-5-7-23)29-27(32)25(16-20-8-10-22(18-28)11-9-20)30-26(31)17-21-12-14-24(33-2)15-13-21/h3-15,19,25H,16-17H2,1-2H3,(H,29,32)(H,30,31). The Hall–Kier alpha value is -4.11. The molecule has 3 aromatic carbocycles. The molecule has 2 amide bonds. The van der Waals surface area contributed by atoms with Crippen LogP contribution in [0.3, 0.4) is 0 Å². The van der Waals surface area contributed by atoms with Gasteiger partial charge in [0.05, 0.1) is 31.2 Å². The Kier molecular flexibility index (Phi) is 8.20. The second kappa shape index (κ2) is 11.5. The van der Waals surface area contributed by atoms with Crippen molar-refractivity contribution >= 4 is 11.8 Å². The molecule has 0 aliphatic heterocycles. The Bertz CT molecular complexity index is 1100. The van der Waals surface area contributed by atoms with Crippen LogP contribution in [0.4, 0.5) is 0 Å². The highest BCUT2D eigenvalue weighted by Gasteiger charge is 2.23. The van der Waals surface area contributed by atoms with Crippen molar-refractivity contribution in [3.05, 3.63) is 101 Å². The summed E-state index contributed by atoms with van der Waals surface area (Å²) in [5.74, 6) is 0.201. The lowest BCUT2D eigenvalue weighted by atomic mass is 10.0. The second-order valence-electron chi connectivity index (χ2n) is 7.80. The van der Waals surface area contributed by atoms with Gasteiger partial charge in [0.2, 0.25) is 11.8 Å². The van der Waals surface area contributed by atoms with Gasteiger partial charge in [-0.2, -0.15) is 5.26 Å². The van der Waals surface area contributed by atoms with Gasteiger partial charge in [-0.05, 0) is 47.9 Å². The summed E-state index contributed by atoms with van der Waals surface area (Å²) in [5.41, 5.74) is 3.20. The van der Waals surface area contributed by atoms with Crippen LogP contribution in [0.1, 0.15) is 35.2 Å². The lowest BCUT2D eigenvalue weighted by Gasteiger charge is -2.22. The highest BCUT2D eigenvalue weighted by molar-refractivity contribution is 5.88. The molecule has 6 heteroatoms. The summed E-state index contributed by atoms with van der Waals surface area (Å²) in [7, 11) is 1.59. The molecule has 0 aromatic heterocycles. The Morgan fingerprint density at radius 2 is 1.55 bits per heavy atom. The molecule has 0 aliphatic rings. The van der Waals surface area contributed by atoms with E-state index in [4.69, 9.17) is 10.00 Å². The van der Waals surface area contributed by atoms with E-state index in [1.807, 2.05) is 49.4 Å². The fraction of sp³-hybridized carbons (Fsp3) is 0.222. The lowest BCUT2D eigenvalue weighted by Crippen LogP contribution is -2.49. The van der Waals surface area contributed by atoms with Gasteiger partial charge in [0.25, 0.3) is 0 Å². The number of methoxy groups -OCH3 is 1. The number of nitriles is 1. The zero-order chi connectivity index (χ0) is 23.6. The predicted molar refractivity (Wildman–Crippen MR) is 126 cm³/mol. The number of rotatable bonds is 9. The molecule has 3 rings (SSSR count). The number of hydrogen-bond donors (Lipinski definition) is 2. The van der Waals surface area contributed by atoms with E-state index in [0.29, 0.717) is 17.7 Å². The van der Waals surface area contributed by atoms with E-state index in [-0.39, 0.29) is 24.3 Å². The average molecular weight is 442 g/mol. The molecule has 0 heterocycles. The largest absolute Gasteiger partial charge is 0.497 e. The van der Waals surface area contributed by atoms with E-state index in [1.54, 1.807) is 43.5 Å². The molecule has 2 N–H and O–H groups in total. The highest BCUT2D eigenvalue weighted by Crippen LogP contribution is 2.14. The van der Waals surface area contributed by atoms with Crippen molar-refractivity contribution in [2.75, 3.05) is 7.11 Å². The second-order valence-corrected chi connectivity index (χ2v) is 7.80. The van der Waals surface area contributed by atoms with Gasteiger partial charge in [0.1, 0.15) is 11.8 Å². The van der Waals surface area contributed by atoms with E-state index in [0.717, 1.165) is 16.7 Å². The molecule has 0 saturated carbocycles. The first-order valence-corrected chi connectivity index (χ1v) is 10.7. The minimum absolute atomic E-state index is 0.148. The Labute approximate surface area is 194 Å². The molecule has 2 unspecified atom stereocenters. The third-order valence-corrected chi connectivity index (χ3v) is 5.36. The maximum absolute atomic E-state index is 13.1. The summed E-state index contributed by atoms with van der Waals surface area (Å²) < 4.78 is 5.15. The van der Waals surface area contributed by atoms with Crippen molar-refractivity contribution in [1.82, 2.24) is 10.6 Å². The number of amides is 2. The minimum atomic E-state index is -0.755. The van der Waals surface area contributed by atoms with Gasteiger partial charge in [-0.25, -0.2) is 0 Å².